The second kappa shape index (κ2) is 5.29. The van der Waals surface area contributed by atoms with Crippen molar-refractivity contribution in [2.24, 2.45) is 0 Å². The van der Waals surface area contributed by atoms with Gasteiger partial charge >= 0.3 is 0 Å². The van der Waals surface area contributed by atoms with Crippen molar-refractivity contribution in [2.75, 3.05) is 0 Å². The molecule has 0 saturated heterocycles. The minimum atomic E-state index is -3.92. The van der Waals surface area contributed by atoms with Crippen LogP contribution in [0, 0.1) is 0 Å². The van der Waals surface area contributed by atoms with Gasteiger partial charge in [-0.05, 0) is 19.9 Å². The third-order valence-electron chi connectivity index (χ3n) is 2.48. The third-order valence-corrected chi connectivity index (χ3v) is 4.81. The summed E-state index contributed by atoms with van der Waals surface area (Å²) in [6, 6.07) is 8.40. The molecule has 0 aromatic heterocycles. The fourth-order valence-corrected chi connectivity index (χ4v) is 3.80. The van der Waals surface area contributed by atoms with Crippen LogP contribution in [0.3, 0.4) is 0 Å². The van der Waals surface area contributed by atoms with E-state index in [4.69, 9.17) is 27.4 Å². The van der Waals surface area contributed by atoms with Crippen LogP contribution in [-0.4, -0.2) is 14.5 Å². The number of fused-ring (bicyclic) bond motifs is 1. The Labute approximate surface area is 122 Å². The van der Waals surface area contributed by atoms with Crippen molar-refractivity contribution in [3.8, 4) is 0 Å². The molecule has 6 heteroatoms. The van der Waals surface area contributed by atoms with Crippen LogP contribution in [-0.2, 0) is 14.3 Å². The first-order valence-electron chi connectivity index (χ1n) is 5.63. The van der Waals surface area contributed by atoms with Crippen molar-refractivity contribution in [3.05, 3.63) is 40.4 Å². The monoisotopic (exact) mass is 318 g/mol. The molecule has 0 atom stereocenters. The van der Waals surface area contributed by atoms with E-state index >= 15 is 0 Å². The maximum atomic E-state index is 12.1. The summed E-state index contributed by atoms with van der Waals surface area (Å²) in [6.45, 7) is 3.27. The summed E-state index contributed by atoms with van der Waals surface area (Å²) >= 11 is 12.3. The van der Waals surface area contributed by atoms with E-state index in [9.17, 15) is 8.42 Å². The molecule has 19 heavy (non-hydrogen) atoms. The third kappa shape index (κ3) is 2.87. The molecular weight excluding hydrogens is 307 g/mol. The van der Waals surface area contributed by atoms with Crippen LogP contribution in [0.5, 0.6) is 0 Å². The lowest BCUT2D eigenvalue weighted by molar-refractivity contribution is 0.249. The van der Waals surface area contributed by atoms with E-state index in [-0.39, 0.29) is 9.92 Å². The quantitative estimate of drug-likeness (QED) is 0.794. The van der Waals surface area contributed by atoms with Crippen molar-refractivity contribution < 1.29 is 12.6 Å². The average Bonchev–Trinajstić information content (AvgIpc) is 2.32. The van der Waals surface area contributed by atoms with Gasteiger partial charge in [0.2, 0.25) is 0 Å². The predicted molar refractivity (Wildman–Crippen MR) is 77.4 cm³/mol. The van der Waals surface area contributed by atoms with Gasteiger partial charge in [-0.15, -0.1) is 0 Å². The maximum Gasteiger partial charge on any atom is 0.298 e. The van der Waals surface area contributed by atoms with Crippen molar-refractivity contribution >= 4 is 44.1 Å². The molecular formula is C13H12Cl2O3S. The molecule has 2 aromatic rings. The lowest BCUT2D eigenvalue weighted by atomic mass is 10.1. The van der Waals surface area contributed by atoms with Gasteiger partial charge in [-0.3, -0.25) is 4.18 Å². The van der Waals surface area contributed by atoms with E-state index in [2.05, 4.69) is 0 Å². The van der Waals surface area contributed by atoms with Crippen LogP contribution in [0.25, 0.3) is 10.8 Å². The zero-order chi connectivity index (χ0) is 14.2. The van der Waals surface area contributed by atoms with Gasteiger partial charge in [0, 0.05) is 15.8 Å². The molecule has 0 amide bonds. The Kier molecular flexibility index (Phi) is 4.06. The van der Waals surface area contributed by atoms with Gasteiger partial charge in [0.15, 0.2) is 0 Å². The minimum Gasteiger partial charge on any atom is -0.264 e. The van der Waals surface area contributed by atoms with Gasteiger partial charge in [-0.2, -0.15) is 8.42 Å². The fraction of sp³-hybridized carbons (Fsp3) is 0.231. The summed E-state index contributed by atoms with van der Waals surface area (Å²) in [5, 5.41) is 1.74. The SMILES string of the molecule is CC(C)OS(=O)(=O)c1cc(Cl)c2ccccc2c1Cl. The molecule has 0 saturated carbocycles. The normalized spacial score (nSPS) is 12.3. The molecule has 2 aromatic carbocycles. The summed E-state index contributed by atoms with van der Waals surface area (Å²) in [6.07, 6.45) is -0.466. The Morgan fingerprint density at radius 2 is 1.68 bits per heavy atom. The van der Waals surface area contributed by atoms with Crippen LogP contribution in [0.1, 0.15) is 13.8 Å². The van der Waals surface area contributed by atoms with Gasteiger partial charge in [0.05, 0.1) is 11.1 Å². The summed E-state index contributed by atoms with van der Waals surface area (Å²) in [7, 11) is -3.92. The van der Waals surface area contributed by atoms with Crippen molar-refractivity contribution in [1.29, 1.82) is 0 Å². The molecule has 0 heterocycles. The molecule has 0 unspecified atom stereocenters. The Morgan fingerprint density at radius 3 is 2.26 bits per heavy atom. The number of halogens is 2. The summed E-state index contributed by atoms with van der Waals surface area (Å²) < 4.78 is 29.1. The molecule has 2 rings (SSSR count). The molecule has 3 nitrogen and oxygen atoms in total. The predicted octanol–water partition coefficient (Wildman–Crippen LogP) is 4.26. The van der Waals surface area contributed by atoms with E-state index in [0.29, 0.717) is 15.8 Å². The first kappa shape index (κ1) is 14.6. The summed E-state index contributed by atoms with van der Waals surface area (Å²) in [5.41, 5.74) is 0. The molecule has 0 aliphatic heterocycles. The molecule has 0 aliphatic carbocycles. The van der Waals surface area contributed by atoms with Gasteiger partial charge in [0.25, 0.3) is 10.1 Å². The Hall–Kier alpha value is -0.810. The van der Waals surface area contributed by atoms with E-state index in [0.717, 1.165) is 0 Å². The first-order valence-corrected chi connectivity index (χ1v) is 7.79. The zero-order valence-corrected chi connectivity index (χ0v) is 12.7. The molecule has 0 aliphatic rings. The van der Waals surface area contributed by atoms with Crippen molar-refractivity contribution in [1.82, 2.24) is 0 Å². The van der Waals surface area contributed by atoms with Gasteiger partial charge < -0.3 is 0 Å². The first-order chi connectivity index (χ1) is 8.83. The highest BCUT2D eigenvalue weighted by molar-refractivity contribution is 7.87. The highest BCUT2D eigenvalue weighted by Gasteiger charge is 2.23. The summed E-state index contributed by atoms with van der Waals surface area (Å²) in [4.78, 5) is -0.105. The number of rotatable bonds is 3. The summed E-state index contributed by atoms with van der Waals surface area (Å²) in [5.74, 6) is 0. The Bertz CT molecular complexity index is 724. The smallest absolute Gasteiger partial charge is 0.264 e. The molecule has 0 radical (unpaired) electrons. The van der Waals surface area contributed by atoms with E-state index in [1.807, 2.05) is 6.07 Å². The lowest BCUT2D eigenvalue weighted by Gasteiger charge is -2.12. The van der Waals surface area contributed by atoms with Crippen LogP contribution < -0.4 is 0 Å². The fourth-order valence-electron chi connectivity index (χ4n) is 1.76. The average molecular weight is 319 g/mol. The van der Waals surface area contributed by atoms with Gasteiger partial charge in [0.1, 0.15) is 4.90 Å². The number of benzene rings is 2. The van der Waals surface area contributed by atoms with Gasteiger partial charge in [-0.1, -0.05) is 47.5 Å². The minimum absolute atomic E-state index is 0.105. The molecule has 0 fully saturated rings. The van der Waals surface area contributed by atoms with Gasteiger partial charge in [-0.25, -0.2) is 0 Å². The maximum absolute atomic E-state index is 12.1. The Morgan fingerprint density at radius 1 is 1.11 bits per heavy atom. The lowest BCUT2D eigenvalue weighted by Crippen LogP contribution is -2.13. The van der Waals surface area contributed by atoms with Crippen molar-refractivity contribution in [3.63, 3.8) is 0 Å². The second-order valence-corrected chi connectivity index (χ2v) is 6.64. The molecule has 0 spiro atoms. The highest BCUT2D eigenvalue weighted by Crippen LogP contribution is 2.36. The van der Waals surface area contributed by atoms with Crippen molar-refractivity contribution in [2.45, 2.75) is 24.8 Å². The standard InChI is InChI=1S/C13H12Cl2O3S/c1-8(2)18-19(16,17)12-7-11(14)9-5-3-4-6-10(9)13(12)15/h3-8H,1-2H3. The number of hydrogen-bond acceptors (Lipinski definition) is 3. The van der Waals surface area contributed by atoms with E-state index < -0.39 is 16.2 Å². The second-order valence-electron chi connectivity index (χ2n) is 4.32. The molecule has 102 valence electrons. The molecule has 0 N–H and O–H groups in total. The van der Waals surface area contributed by atoms with E-state index in [1.165, 1.54) is 6.07 Å². The Balaban J connectivity index is 2.73. The van der Waals surface area contributed by atoms with Crippen LogP contribution in [0.4, 0.5) is 0 Å². The topological polar surface area (TPSA) is 43.4 Å². The number of hydrogen-bond donors (Lipinski definition) is 0. The van der Waals surface area contributed by atoms with Crippen LogP contribution >= 0.6 is 23.2 Å². The largest absolute Gasteiger partial charge is 0.298 e. The molecule has 0 bridgehead atoms. The van der Waals surface area contributed by atoms with Crippen LogP contribution in [0.2, 0.25) is 10.0 Å². The van der Waals surface area contributed by atoms with Crippen LogP contribution in [0.15, 0.2) is 35.2 Å². The van der Waals surface area contributed by atoms with E-state index in [1.54, 1.807) is 32.0 Å². The highest BCUT2D eigenvalue weighted by atomic mass is 35.5. The zero-order valence-electron chi connectivity index (χ0n) is 10.4.